The quantitative estimate of drug-likeness (QED) is 0.871. The summed E-state index contributed by atoms with van der Waals surface area (Å²) in [6, 6.07) is 3.33. The molecule has 1 N–H and O–H groups in total. The van der Waals surface area contributed by atoms with Crippen molar-refractivity contribution in [3.8, 4) is 0 Å². The van der Waals surface area contributed by atoms with Crippen LogP contribution in [0.1, 0.15) is 37.3 Å². The molecule has 1 atom stereocenters. The molecule has 124 valence electrons. The van der Waals surface area contributed by atoms with Crippen molar-refractivity contribution in [2.24, 2.45) is 0 Å². The van der Waals surface area contributed by atoms with Crippen LogP contribution in [-0.2, 0) is 22.4 Å². The molecule has 1 heterocycles. The van der Waals surface area contributed by atoms with Crippen LogP contribution in [0.5, 0.6) is 0 Å². The van der Waals surface area contributed by atoms with Gasteiger partial charge in [0.05, 0.1) is 18.8 Å². The number of nitrogens with zero attached hydrogens (tertiary/aromatic N) is 1. The predicted molar refractivity (Wildman–Crippen MR) is 84.0 cm³/mol. The van der Waals surface area contributed by atoms with E-state index >= 15 is 0 Å². The van der Waals surface area contributed by atoms with Crippen LogP contribution >= 0.6 is 0 Å². The summed E-state index contributed by atoms with van der Waals surface area (Å²) in [7, 11) is 0. The molecule has 0 spiro atoms. The van der Waals surface area contributed by atoms with Gasteiger partial charge in [-0.05, 0) is 48.9 Å². The van der Waals surface area contributed by atoms with Crippen LogP contribution in [0, 0.1) is 5.82 Å². The number of halogens is 1. The second-order valence-electron chi connectivity index (χ2n) is 6.18. The van der Waals surface area contributed by atoms with Crippen molar-refractivity contribution >= 4 is 17.7 Å². The van der Waals surface area contributed by atoms with E-state index in [4.69, 9.17) is 4.74 Å². The number of carbonyl (C=O) groups excluding carboxylic acids is 2. The van der Waals surface area contributed by atoms with Gasteiger partial charge in [-0.3, -0.25) is 9.69 Å². The van der Waals surface area contributed by atoms with E-state index in [1.165, 1.54) is 17.9 Å². The lowest BCUT2D eigenvalue weighted by molar-refractivity contribution is -0.119. The van der Waals surface area contributed by atoms with Gasteiger partial charge in [-0.15, -0.1) is 0 Å². The molecule has 0 bridgehead atoms. The molecular formula is C17H21FN2O3. The molecule has 2 amide bonds. The lowest BCUT2D eigenvalue weighted by Gasteiger charge is -2.17. The normalized spacial score (nSPS) is 20.7. The number of carbonyl (C=O) groups is 2. The van der Waals surface area contributed by atoms with Crippen LogP contribution in [0.4, 0.5) is 14.9 Å². The predicted octanol–water partition coefficient (Wildman–Crippen LogP) is 2.56. The number of hydrogen-bond donors (Lipinski definition) is 1. The maximum absolute atomic E-state index is 14.4. The monoisotopic (exact) mass is 320 g/mol. The summed E-state index contributed by atoms with van der Waals surface area (Å²) in [6.07, 6.45) is 3.87. The van der Waals surface area contributed by atoms with E-state index in [1.54, 1.807) is 0 Å². The maximum Gasteiger partial charge on any atom is 0.414 e. The topological polar surface area (TPSA) is 58.6 Å². The highest BCUT2D eigenvalue weighted by molar-refractivity contribution is 5.90. The van der Waals surface area contributed by atoms with E-state index in [0.29, 0.717) is 12.2 Å². The molecule has 0 radical (unpaired) electrons. The molecule has 1 aromatic carbocycles. The van der Waals surface area contributed by atoms with Crippen molar-refractivity contribution < 1.29 is 18.7 Å². The summed E-state index contributed by atoms with van der Waals surface area (Å²) in [4.78, 5) is 24.4. The molecule has 2 aliphatic rings. The Balaban J connectivity index is 1.79. The van der Waals surface area contributed by atoms with Crippen molar-refractivity contribution in [3.63, 3.8) is 0 Å². The number of benzene rings is 1. The van der Waals surface area contributed by atoms with Crippen LogP contribution in [0.25, 0.3) is 0 Å². The van der Waals surface area contributed by atoms with E-state index < -0.39 is 12.2 Å². The first kappa shape index (κ1) is 15.8. The third-order valence-electron chi connectivity index (χ3n) is 4.41. The Labute approximate surface area is 134 Å². The fraction of sp³-hybridized carbons (Fsp3) is 0.529. The molecule has 1 aliphatic carbocycles. The van der Waals surface area contributed by atoms with Crippen LogP contribution in [0.3, 0.4) is 0 Å². The van der Waals surface area contributed by atoms with Crippen LogP contribution in [0.2, 0.25) is 0 Å². The van der Waals surface area contributed by atoms with Gasteiger partial charge in [0, 0.05) is 6.92 Å². The van der Waals surface area contributed by atoms with Crippen molar-refractivity contribution in [3.05, 3.63) is 29.1 Å². The minimum atomic E-state index is -0.492. The fourth-order valence-electron chi connectivity index (χ4n) is 3.23. The van der Waals surface area contributed by atoms with Gasteiger partial charge < -0.3 is 10.1 Å². The van der Waals surface area contributed by atoms with Gasteiger partial charge in [-0.25, -0.2) is 9.18 Å². The number of ether oxygens (including phenoxy) is 1. The van der Waals surface area contributed by atoms with Gasteiger partial charge in [0.15, 0.2) is 0 Å². The largest absolute Gasteiger partial charge is 0.442 e. The number of fused-ring (bicyclic) bond motifs is 1. The lowest BCUT2D eigenvalue weighted by Crippen LogP contribution is -2.33. The van der Waals surface area contributed by atoms with E-state index in [-0.39, 0.29) is 18.3 Å². The molecule has 23 heavy (non-hydrogen) atoms. The first-order valence-electron chi connectivity index (χ1n) is 8.08. The molecule has 0 aromatic heterocycles. The third kappa shape index (κ3) is 3.46. The second kappa shape index (κ2) is 6.56. The number of cyclic esters (lactones) is 1. The number of amides is 2. The first-order chi connectivity index (χ1) is 11.0. The van der Waals surface area contributed by atoms with Crippen LogP contribution in [-0.4, -0.2) is 31.2 Å². The van der Waals surface area contributed by atoms with Crippen LogP contribution in [0.15, 0.2) is 12.1 Å². The summed E-state index contributed by atoms with van der Waals surface area (Å²) in [5.41, 5.74) is 2.32. The van der Waals surface area contributed by atoms with E-state index in [0.717, 1.165) is 43.2 Å². The summed E-state index contributed by atoms with van der Waals surface area (Å²) < 4.78 is 19.6. The zero-order chi connectivity index (χ0) is 16.4. The SMILES string of the molecule is CC(=O)NC[C@H]1CN(c2cc(F)c3c(c2)CCCCC3)C(=O)O1. The van der Waals surface area contributed by atoms with Crippen LogP contribution < -0.4 is 10.2 Å². The third-order valence-corrected chi connectivity index (χ3v) is 4.41. The maximum atomic E-state index is 14.4. The Morgan fingerprint density at radius 1 is 1.35 bits per heavy atom. The molecule has 1 saturated heterocycles. The number of nitrogens with one attached hydrogen (secondary N) is 1. The molecule has 1 fully saturated rings. The molecule has 1 aliphatic heterocycles. The molecule has 5 nitrogen and oxygen atoms in total. The second-order valence-corrected chi connectivity index (χ2v) is 6.18. The van der Waals surface area contributed by atoms with Gasteiger partial charge >= 0.3 is 6.09 Å². The van der Waals surface area contributed by atoms with Gasteiger partial charge in [-0.2, -0.15) is 0 Å². The molecule has 0 unspecified atom stereocenters. The summed E-state index contributed by atoms with van der Waals surface area (Å²) in [6.45, 7) is 2.00. The minimum absolute atomic E-state index is 0.171. The van der Waals surface area contributed by atoms with E-state index in [1.807, 2.05) is 6.07 Å². The summed E-state index contributed by atoms with van der Waals surface area (Å²) in [5, 5.41) is 2.63. The first-order valence-corrected chi connectivity index (χ1v) is 8.08. The van der Waals surface area contributed by atoms with Gasteiger partial charge in [-0.1, -0.05) is 6.42 Å². The van der Waals surface area contributed by atoms with Crippen molar-refractivity contribution in [1.29, 1.82) is 0 Å². The molecular weight excluding hydrogens is 299 g/mol. The number of hydrogen-bond acceptors (Lipinski definition) is 3. The van der Waals surface area contributed by atoms with E-state index in [2.05, 4.69) is 5.32 Å². The number of anilines is 1. The van der Waals surface area contributed by atoms with Crippen molar-refractivity contribution in [2.45, 2.75) is 45.1 Å². The molecule has 0 saturated carbocycles. The fourth-order valence-corrected chi connectivity index (χ4v) is 3.23. The Hall–Kier alpha value is -2.11. The molecule has 1 aromatic rings. The van der Waals surface area contributed by atoms with Crippen molar-refractivity contribution in [2.75, 3.05) is 18.0 Å². The Morgan fingerprint density at radius 2 is 2.13 bits per heavy atom. The standard InChI is InChI=1S/C17H21FN2O3/c1-11(21)19-9-14-10-20(17(22)23-14)13-7-12-5-3-2-4-6-15(12)16(18)8-13/h7-8,14H,2-6,9-10H2,1H3,(H,19,21)/t14-/m0/s1. The Kier molecular flexibility index (Phi) is 4.50. The molecule has 3 rings (SSSR count). The zero-order valence-corrected chi connectivity index (χ0v) is 13.2. The Bertz CT molecular complexity index is 633. The van der Waals surface area contributed by atoms with Gasteiger partial charge in [0.25, 0.3) is 0 Å². The Morgan fingerprint density at radius 3 is 2.91 bits per heavy atom. The minimum Gasteiger partial charge on any atom is -0.442 e. The smallest absolute Gasteiger partial charge is 0.414 e. The van der Waals surface area contributed by atoms with Crippen molar-refractivity contribution in [1.82, 2.24) is 5.32 Å². The zero-order valence-electron chi connectivity index (χ0n) is 13.2. The highest BCUT2D eigenvalue weighted by atomic mass is 19.1. The lowest BCUT2D eigenvalue weighted by atomic mass is 10.0. The average molecular weight is 320 g/mol. The number of aryl methyl sites for hydroxylation is 1. The van der Waals surface area contributed by atoms with Gasteiger partial charge in [0.2, 0.25) is 5.91 Å². The summed E-state index contributed by atoms with van der Waals surface area (Å²) in [5.74, 6) is -0.409. The average Bonchev–Trinajstić information content (AvgIpc) is 2.71. The highest BCUT2D eigenvalue weighted by Crippen LogP contribution is 2.30. The van der Waals surface area contributed by atoms with Gasteiger partial charge in [0.1, 0.15) is 11.9 Å². The number of rotatable bonds is 3. The van der Waals surface area contributed by atoms with E-state index in [9.17, 15) is 14.0 Å². The summed E-state index contributed by atoms with van der Waals surface area (Å²) >= 11 is 0. The molecule has 6 heteroatoms. The highest BCUT2D eigenvalue weighted by Gasteiger charge is 2.33.